The number of amides is 1. The van der Waals surface area contributed by atoms with Crippen molar-refractivity contribution in [3.63, 3.8) is 0 Å². The number of benzene rings is 2. The molecule has 3 aromatic heterocycles. The molecule has 0 radical (unpaired) electrons. The maximum atomic E-state index is 13.6. The Kier molecular flexibility index (Phi) is 5.29. The lowest BCUT2D eigenvalue weighted by molar-refractivity contribution is 0.0734. The van der Waals surface area contributed by atoms with Gasteiger partial charge in [0.25, 0.3) is 5.91 Å². The number of nitrogens with one attached hydrogen (secondary N) is 1. The van der Waals surface area contributed by atoms with Crippen molar-refractivity contribution in [1.82, 2.24) is 24.4 Å². The number of fused-ring (bicyclic) bond motifs is 1. The fourth-order valence-corrected chi connectivity index (χ4v) is 3.91. The van der Waals surface area contributed by atoms with Crippen molar-refractivity contribution in [1.29, 1.82) is 0 Å². The first-order chi connectivity index (χ1) is 15.7. The van der Waals surface area contributed by atoms with Gasteiger partial charge in [-0.2, -0.15) is 0 Å². The first-order valence-corrected chi connectivity index (χ1v) is 10.5. The molecule has 0 aliphatic rings. The van der Waals surface area contributed by atoms with Crippen molar-refractivity contribution in [3.05, 3.63) is 96.7 Å². The van der Waals surface area contributed by atoms with Crippen LogP contribution in [-0.2, 0) is 20.0 Å². The summed E-state index contributed by atoms with van der Waals surface area (Å²) in [5.74, 6) is 1.11. The van der Waals surface area contributed by atoms with Crippen molar-refractivity contribution in [3.8, 4) is 11.3 Å². The molecule has 7 heteroatoms. The lowest BCUT2D eigenvalue weighted by Gasteiger charge is -2.22. The number of aromatic nitrogens is 4. The van der Waals surface area contributed by atoms with E-state index in [1.54, 1.807) is 11.1 Å². The molecular weight excluding hydrogens is 402 g/mol. The van der Waals surface area contributed by atoms with E-state index >= 15 is 0 Å². The Labute approximate surface area is 185 Å². The van der Waals surface area contributed by atoms with Crippen molar-refractivity contribution in [2.75, 3.05) is 6.54 Å². The number of oxazole rings is 1. The fraction of sp³-hybridized carbons (Fsp3) is 0.160. The Balaban J connectivity index is 1.44. The second-order valence-corrected chi connectivity index (χ2v) is 7.69. The average molecular weight is 425 g/mol. The number of H-pyrrole nitrogens is 1. The van der Waals surface area contributed by atoms with Crippen LogP contribution in [0.4, 0.5) is 0 Å². The first-order valence-electron chi connectivity index (χ1n) is 10.5. The molecule has 32 heavy (non-hydrogen) atoms. The maximum Gasteiger partial charge on any atom is 0.276 e. The van der Waals surface area contributed by atoms with Crippen LogP contribution in [-0.4, -0.2) is 36.9 Å². The third-order valence-corrected chi connectivity index (χ3v) is 5.67. The highest BCUT2D eigenvalue weighted by Gasteiger charge is 2.25. The zero-order valence-corrected chi connectivity index (χ0v) is 17.7. The first kappa shape index (κ1) is 19.8. The van der Waals surface area contributed by atoms with Gasteiger partial charge in [0.2, 0.25) is 0 Å². The molecule has 1 N–H and O–H groups in total. The summed E-state index contributed by atoms with van der Waals surface area (Å²) in [6.07, 6.45) is 7.67. The van der Waals surface area contributed by atoms with Crippen LogP contribution in [0.1, 0.15) is 21.9 Å². The van der Waals surface area contributed by atoms with E-state index in [1.807, 2.05) is 66.5 Å². The van der Waals surface area contributed by atoms with Gasteiger partial charge in [0.05, 0.1) is 6.54 Å². The van der Waals surface area contributed by atoms with Crippen LogP contribution in [0.15, 0.2) is 84.0 Å². The summed E-state index contributed by atoms with van der Waals surface area (Å²) in [6.45, 7) is 0.903. The lowest BCUT2D eigenvalue weighted by atomic mass is 10.1. The molecule has 0 aliphatic heterocycles. The number of nitrogens with zero attached hydrogens (tertiary/aromatic N) is 4. The number of para-hydroxylation sites is 1. The zero-order chi connectivity index (χ0) is 21.9. The fourth-order valence-electron chi connectivity index (χ4n) is 3.91. The monoisotopic (exact) mass is 425 g/mol. The zero-order valence-electron chi connectivity index (χ0n) is 17.7. The smallest absolute Gasteiger partial charge is 0.276 e. The molecule has 0 fully saturated rings. The summed E-state index contributed by atoms with van der Waals surface area (Å²) in [4.78, 5) is 27.4. The summed E-state index contributed by atoms with van der Waals surface area (Å²) in [7, 11) is 1.93. The molecule has 5 aromatic rings. The number of hydrogen-bond donors (Lipinski definition) is 1. The Bertz CT molecular complexity index is 1350. The van der Waals surface area contributed by atoms with Crippen molar-refractivity contribution >= 4 is 16.8 Å². The summed E-state index contributed by atoms with van der Waals surface area (Å²) in [6, 6.07) is 17.7. The van der Waals surface area contributed by atoms with Gasteiger partial charge in [0.15, 0.2) is 17.8 Å². The van der Waals surface area contributed by atoms with Crippen molar-refractivity contribution in [2.24, 2.45) is 7.05 Å². The number of hydrogen-bond acceptors (Lipinski definition) is 4. The van der Waals surface area contributed by atoms with Gasteiger partial charge in [-0.15, -0.1) is 0 Å². The predicted octanol–water partition coefficient (Wildman–Crippen LogP) is 4.44. The van der Waals surface area contributed by atoms with Crippen molar-refractivity contribution < 1.29 is 9.21 Å². The van der Waals surface area contributed by atoms with Gasteiger partial charge in [-0.1, -0.05) is 48.5 Å². The predicted molar refractivity (Wildman–Crippen MR) is 122 cm³/mol. The van der Waals surface area contributed by atoms with E-state index in [0.29, 0.717) is 31.0 Å². The minimum Gasteiger partial charge on any atom is -0.443 e. The Morgan fingerprint density at radius 3 is 2.72 bits per heavy atom. The number of aromatic amines is 1. The second-order valence-electron chi connectivity index (χ2n) is 7.69. The third kappa shape index (κ3) is 3.80. The molecule has 1 amide bonds. The topological polar surface area (TPSA) is 80.0 Å². The molecule has 0 bridgehead atoms. The number of carbonyl (C=O) groups excluding carboxylic acids is 1. The largest absolute Gasteiger partial charge is 0.443 e. The average Bonchev–Trinajstić information content (AvgIpc) is 3.57. The quantitative estimate of drug-likeness (QED) is 0.418. The lowest BCUT2D eigenvalue weighted by Crippen LogP contribution is -2.34. The minimum atomic E-state index is -0.180. The molecule has 0 saturated heterocycles. The van der Waals surface area contributed by atoms with E-state index in [0.717, 1.165) is 16.9 Å². The van der Waals surface area contributed by atoms with Crippen LogP contribution in [0.2, 0.25) is 0 Å². The van der Waals surface area contributed by atoms with Crippen LogP contribution >= 0.6 is 0 Å². The van der Waals surface area contributed by atoms with Crippen LogP contribution in [0.25, 0.3) is 22.2 Å². The molecule has 2 aromatic carbocycles. The van der Waals surface area contributed by atoms with Gasteiger partial charge in [-0.25, -0.2) is 9.97 Å². The van der Waals surface area contributed by atoms with E-state index < -0.39 is 0 Å². The second kappa shape index (κ2) is 8.55. The molecule has 5 rings (SSSR count). The number of imidazole rings is 1. The molecular formula is C25H23N5O2. The highest BCUT2D eigenvalue weighted by Crippen LogP contribution is 2.25. The van der Waals surface area contributed by atoms with Gasteiger partial charge < -0.3 is 18.9 Å². The standard InChI is InChI=1S/C25H23N5O2/c1-29-14-12-26-22(29)16-30(13-11-19-15-27-21-10-6-5-9-20(19)21)25(31)23-24(32-17-28-23)18-7-3-2-4-8-18/h2-10,12,14-15,17,27H,11,13,16H2,1H3. The molecule has 0 aliphatic carbocycles. The van der Waals surface area contributed by atoms with E-state index in [-0.39, 0.29) is 5.91 Å². The Morgan fingerprint density at radius 2 is 1.91 bits per heavy atom. The SMILES string of the molecule is Cn1ccnc1CN(CCc1c[nH]c2ccccc12)C(=O)c1ncoc1-c1ccccc1. The summed E-state index contributed by atoms with van der Waals surface area (Å²) in [5, 5.41) is 1.17. The van der Waals surface area contributed by atoms with Gasteiger partial charge in [0, 0.05) is 48.6 Å². The highest BCUT2D eigenvalue weighted by atomic mass is 16.3. The van der Waals surface area contributed by atoms with E-state index in [1.165, 1.54) is 17.3 Å². The highest BCUT2D eigenvalue weighted by molar-refractivity contribution is 5.97. The van der Waals surface area contributed by atoms with Crippen LogP contribution in [0.3, 0.4) is 0 Å². The minimum absolute atomic E-state index is 0.180. The molecule has 3 heterocycles. The third-order valence-electron chi connectivity index (χ3n) is 5.67. The number of rotatable bonds is 7. The molecule has 0 spiro atoms. The summed E-state index contributed by atoms with van der Waals surface area (Å²) < 4.78 is 7.53. The van der Waals surface area contributed by atoms with Crippen molar-refractivity contribution in [2.45, 2.75) is 13.0 Å². The number of carbonyl (C=O) groups is 1. The van der Waals surface area contributed by atoms with Gasteiger partial charge in [-0.05, 0) is 18.1 Å². The van der Waals surface area contributed by atoms with Crippen LogP contribution < -0.4 is 0 Å². The molecule has 0 atom stereocenters. The van der Waals surface area contributed by atoms with E-state index in [9.17, 15) is 4.79 Å². The van der Waals surface area contributed by atoms with Gasteiger partial charge in [0.1, 0.15) is 5.82 Å². The van der Waals surface area contributed by atoms with Crippen LogP contribution in [0.5, 0.6) is 0 Å². The van der Waals surface area contributed by atoms with E-state index in [4.69, 9.17) is 4.42 Å². The normalized spacial score (nSPS) is 11.2. The van der Waals surface area contributed by atoms with Gasteiger partial charge in [-0.3, -0.25) is 4.79 Å². The Hall–Kier alpha value is -4.13. The maximum absolute atomic E-state index is 13.6. The van der Waals surface area contributed by atoms with Gasteiger partial charge >= 0.3 is 0 Å². The molecule has 0 saturated carbocycles. The Morgan fingerprint density at radius 1 is 1.09 bits per heavy atom. The summed E-state index contributed by atoms with van der Waals surface area (Å²) >= 11 is 0. The van der Waals surface area contributed by atoms with Crippen LogP contribution in [0, 0.1) is 0 Å². The summed E-state index contributed by atoms with van der Waals surface area (Å²) in [5.41, 5.74) is 3.39. The molecule has 7 nitrogen and oxygen atoms in total. The molecule has 0 unspecified atom stereocenters. The molecule has 160 valence electrons. The van der Waals surface area contributed by atoms with E-state index in [2.05, 4.69) is 27.1 Å². The number of aryl methyl sites for hydroxylation is 1.